The fraction of sp³-hybridized carbons (Fsp3) is 0.929. The molecular formula is C14H24O4S. The second-order valence-electron chi connectivity index (χ2n) is 5.95. The van der Waals surface area contributed by atoms with Gasteiger partial charge in [0.05, 0.1) is 11.5 Å². The minimum Gasteiger partial charge on any atom is -0.462 e. The monoisotopic (exact) mass is 288 g/mol. The van der Waals surface area contributed by atoms with Gasteiger partial charge in [0.2, 0.25) is 0 Å². The molecule has 2 rings (SSSR count). The number of ether oxygens (including phenoxy) is 1. The summed E-state index contributed by atoms with van der Waals surface area (Å²) < 4.78 is 28.3. The van der Waals surface area contributed by atoms with Crippen LogP contribution in [0.25, 0.3) is 0 Å². The van der Waals surface area contributed by atoms with Gasteiger partial charge in [-0.3, -0.25) is 4.79 Å². The summed E-state index contributed by atoms with van der Waals surface area (Å²) in [6.45, 7) is 2.14. The van der Waals surface area contributed by atoms with Gasteiger partial charge in [-0.25, -0.2) is 8.42 Å². The Hall–Kier alpha value is -0.580. The molecule has 0 aromatic rings. The molecule has 1 aliphatic carbocycles. The average molecular weight is 288 g/mol. The lowest BCUT2D eigenvalue weighted by Crippen LogP contribution is -2.30. The summed E-state index contributed by atoms with van der Waals surface area (Å²) in [5.41, 5.74) is 0. The first-order valence-corrected chi connectivity index (χ1v) is 9.22. The summed E-state index contributed by atoms with van der Waals surface area (Å²) in [7, 11) is -2.90. The molecule has 3 unspecified atom stereocenters. The van der Waals surface area contributed by atoms with Crippen LogP contribution in [0.2, 0.25) is 0 Å². The normalized spacial score (nSPS) is 34.1. The molecule has 0 aromatic carbocycles. The van der Waals surface area contributed by atoms with Crippen molar-refractivity contribution >= 4 is 15.8 Å². The number of esters is 1. The maximum atomic E-state index is 11.9. The van der Waals surface area contributed by atoms with Crippen LogP contribution < -0.4 is 0 Å². The van der Waals surface area contributed by atoms with Gasteiger partial charge in [0, 0.05) is 6.42 Å². The van der Waals surface area contributed by atoms with Crippen molar-refractivity contribution in [1.82, 2.24) is 0 Å². The zero-order valence-electron chi connectivity index (χ0n) is 11.6. The minimum atomic E-state index is -2.90. The van der Waals surface area contributed by atoms with Crippen molar-refractivity contribution in [2.75, 3.05) is 11.5 Å². The fourth-order valence-electron chi connectivity index (χ4n) is 3.28. The Balaban J connectivity index is 1.80. The Labute approximate surface area is 115 Å². The second-order valence-corrected chi connectivity index (χ2v) is 8.18. The van der Waals surface area contributed by atoms with Crippen LogP contribution in [0.1, 0.15) is 51.9 Å². The van der Waals surface area contributed by atoms with Crippen LogP contribution in [0, 0.1) is 11.8 Å². The molecular weight excluding hydrogens is 264 g/mol. The fourth-order valence-corrected chi connectivity index (χ4v) is 5.14. The first-order chi connectivity index (χ1) is 9.00. The summed E-state index contributed by atoms with van der Waals surface area (Å²) in [5, 5.41) is 0. The number of carbonyl (C=O) groups excluding carboxylic acids is 1. The molecule has 0 aromatic heterocycles. The lowest BCUT2D eigenvalue weighted by molar-refractivity contribution is -0.154. The van der Waals surface area contributed by atoms with Gasteiger partial charge in [0.25, 0.3) is 0 Å². The van der Waals surface area contributed by atoms with E-state index in [9.17, 15) is 13.2 Å². The van der Waals surface area contributed by atoms with E-state index in [1.54, 1.807) is 0 Å². The molecule has 2 aliphatic rings. The zero-order chi connectivity index (χ0) is 13.9. The van der Waals surface area contributed by atoms with Gasteiger partial charge in [-0.2, -0.15) is 0 Å². The van der Waals surface area contributed by atoms with Crippen LogP contribution >= 0.6 is 0 Å². The number of hydrogen-bond acceptors (Lipinski definition) is 4. The van der Waals surface area contributed by atoms with Crippen molar-refractivity contribution in [2.24, 2.45) is 11.8 Å². The highest BCUT2D eigenvalue weighted by atomic mass is 32.2. The van der Waals surface area contributed by atoms with E-state index in [1.807, 2.05) is 0 Å². The quantitative estimate of drug-likeness (QED) is 0.745. The Morgan fingerprint density at radius 2 is 1.95 bits per heavy atom. The zero-order valence-corrected chi connectivity index (χ0v) is 12.5. The number of carbonyl (C=O) groups is 1. The van der Waals surface area contributed by atoms with Crippen LogP contribution in [0.3, 0.4) is 0 Å². The third kappa shape index (κ3) is 4.20. The first-order valence-electron chi connectivity index (χ1n) is 7.40. The summed E-state index contributed by atoms with van der Waals surface area (Å²) >= 11 is 0. The molecule has 110 valence electrons. The smallest absolute Gasteiger partial charge is 0.306 e. The molecule has 2 fully saturated rings. The molecule has 0 bridgehead atoms. The Kier molecular flexibility index (Phi) is 4.87. The molecule has 1 saturated heterocycles. The highest BCUT2D eigenvalue weighted by molar-refractivity contribution is 7.91. The standard InChI is InChI=1S/C14H24O4S/c1-2-12-5-3-4-6-13(12)18-14(15)9-11-7-8-19(16,17)10-11/h11-13H,2-10H2,1H3. The number of sulfone groups is 1. The van der Waals surface area contributed by atoms with E-state index in [0.717, 1.165) is 25.7 Å². The summed E-state index contributed by atoms with van der Waals surface area (Å²) in [6.07, 6.45) is 6.46. The van der Waals surface area contributed by atoms with Gasteiger partial charge in [-0.1, -0.05) is 13.3 Å². The molecule has 19 heavy (non-hydrogen) atoms. The third-order valence-electron chi connectivity index (χ3n) is 4.43. The SMILES string of the molecule is CCC1CCCCC1OC(=O)CC1CCS(=O)(=O)C1. The summed E-state index contributed by atoms with van der Waals surface area (Å²) in [5.74, 6) is 0.647. The maximum Gasteiger partial charge on any atom is 0.306 e. The van der Waals surface area contributed by atoms with Crippen LogP contribution in [0.4, 0.5) is 0 Å². The molecule has 1 saturated carbocycles. The largest absolute Gasteiger partial charge is 0.462 e. The van der Waals surface area contributed by atoms with Gasteiger partial charge in [0.15, 0.2) is 9.84 Å². The summed E-state index contributed by atoms with van der Waals surface area (Å²) in [6, 6.07) is 0. The van der Waals surface area contributed by atoms with Crippen LogP contribution in [0.5, 0.6) is 0 Å². The van der Waals surface area contributed by atoms with E-state index in [2.05, 4.69) is 6.92 Å². The van der Waals surface area contributed by atoms with Gasteiger partial charge in [-0.05, 0) is 43.9 Å². The van der Waals surface area contributed by atoms with Gasteiger partial charge in [0.1, 0.15) is 6.10 Å². The predicted octanol–water partition coefficient (Wildman–Crippen LogP) is 2.32. The van der Waals surface area contributed by atoms with Crippen molar-refractivity contribution in [2.45, 2.75) is 58.0 Å². The van der Waals surface area contributed by atoms with Gasteiger partial charge < -0.3 is 4.74 Å². The average Bonchev–Trinajstić information content (AvgIpc) is 2.69. The van der Waals surface area contributed by atoms with Crippen LogP contribution in [-0.2, 0) is 19.4 Å². The molecule has 1 heterocycles. The minimum absolute atomic E-state index is 0.0267. The van der Waals surface area contributed by atoms with Gasteiger partial charge >= 0.3 is 5.97 Å². The molecule has 0 amide bonds. The topological polar surface area (TPSA) is 60.4 Å². The number of rotatable bonds is 4. The Morgan fingerprint density at radius 3 is 2.58 bits per heavy atom. The molecule has 0 radical (unpaired) electrons. The molecule has 1 aliphatic heterocycles. The highest BCUT2D eigenvalue weighted by Crippen LogP contribution is 2.30. The summed E-state index contributed by atoms with van der Waals surface area (Å²) in [4.78, 5) is 11.9. The van der Waals surface area contributed by atoms with E-state index in [-0.39, 0.29) is 35.9 Å². The van der Waals surface area contributed by atoms with E-state index < -0.39 is 9.84 Å². The molecule has 5 heteroatoms. The van der Waals surface area contributed by atoms with Crippen LogP contribution in [-0.4, -0.2) is 32.0 Å². The highest BCUT2D eigenvalue weighted by Gasteiger charge is 2.32. The number of hydrogen-bond donors (Lipinski definition) is 0. The molecule has 3 atom stereocenters. The van der Waals surface area contributed by atoms with Crippen molar-refractivity contribution in [3.05, 3.63) is 0 Å². The van der Waals surface area contributed by atoms with Gasteiger partial charge in [-0.15, -0.1) is 0 Å². The first kappa shape index (κ1) is 14.8. The lowest BCUT2D eigenvalue weighted by Gasteiger charge is -2.30. The lowest BCUT2D eigenvalue weighted by atomic mass is 9.85. The van der Waals surface area contributed by atoms with E-state index in [0.29, 0.717) is 12.3 Å². The van der Waals surface area contributed by atoms with E-state index >= 15 is 0 Å². The molecule has 0 N–H and O–H groups in total. The van der Waals surface area contributed by atoms with Crippen molar-refractivity contribution in [3.8, 4) is 0 Å². The maximum absolute atomic E-state index is 11.9. The van der Waals surface area contributed by atoms with Crippen molar-refractivity contribution in [3.63, 3.8) is 0 Å². The Bertz CT molecular complexity index is 415. The Morgan fingerprint density at radius 1 is 1.21 bits per heavy atom. The third-order valence-corrected chi connectivity index (χ3v) is 6.27. The van der Waals surface area contributed by atoms with E-state index in [1.165, 1.54) is 6.42 Å². The van der Waals surface area contributed by atoms with Crippen LogP contribution in [0.15, 0.2) is 0 Å². The van der Waals surface area contributed by atoms with E-state index in [4.69, 9.17) is 4.74 Å². The van der Waals surface area contributed by atoms with Crippen molar-refractivity contribution in [1.29, 1.82) is 0 Å². The molecule has 4 nitrogen and oxygen atoms in total. The molecule has 0 spiro atoms. The predicted molar refractivity (Wildman–Crippen MR) is 73.5 cm³/mol. The second kappa shape index (κ2) is 6.25. The van der Waals surface area contributed by atoms with Crippen molar-refractivity contribution < 1.29 is 17.9 Å².